The summed E-state index contributed by atoms with van der Waals surface area (Å²) in [5.41, 5.74) is 2.50. The zero-order chi connectivity index (χ0) is 8.77. The van der Waals surface area contributed by atoms with Gasteiger partial charge in [0.1, 0.15) is 0 Å². The first-order valence-electron chi connectivity index (χ1n) is 4.55. The summed E-state index contributed by atoms with van der Waals surface area (Å²) in [6.45, 7) is 2.34. The molecule has 0 saturated heterocycles. The Morgan fingerprint density at radius 1 is 1.50 bits per heavy atom. The highest BCUT2D eigenvalue weighted by Crippen LogP contribution is 2.62. The third-order valence-electron chi connectivity index (χ3n) is 3.04. The van der Waals surface area contributed by atoms with Gasteiger partial charge in [0, 0.05) is 11.8 Å². The molecule has 0 N–H and O–H groups in total. The maximum absolute atomic E-state index is 5.72. The van der Waals surface area contributed by atoms with Crippen LogP contribution in [0.5, 0.6) is 0 Å². The Bertz CT molecular complexity index is 282. The fraction of sp³-hybridized carbons (Fsp3) is 0.778. The van der Waals surface area contributed by atoms with E-state index in [1.807, 2.05) is 0 Å². The van der Waals surface area contributed by atoms with E-state index in [9.17, 15) is 0 Å². The highest BCUT2D eigenvalue weighted by molar-refractivity contribution is 9.11. The van der Waals surface area contributed by atoms with Crippen molar-refractivity contribution >= 4 is 33.8 Å². The molecule has 0 nitrogen and oxygen atoms in total. The predicted octanol–water partition coefficient (Wildman–Crippen LogP) is 3.70. The van der Waals surface area contributed by atoms with Gasteiger partial charge in [-0.25, -0.2) is 0 Å². The summed E-state index contributed by atoms with van der Waals surface area (Å²) >= 11 is 9.42. The van der Waals surface area contributed by atoms with Crippen molar-refractivity contribution in [2.24, 2.45) is 0 Å². The lowest BCUT2D eigenvalue weighted by Gasteiger charge is -2.26. The molecule has 0 aromatic heterocycles. The Hall–Kier alpha value is 0.870. The van der Waals surface area contributed by atoms with E-state index in [2.05, 4.69) is 22.6 Å². The van der Waals surface area contributed by atoms with E-state index in [0.717, 1.165) is 5.66 Å². The van der Waals surface area contributed by atoms with Crippen LogP contribution in [0, 0.1) is 0 Å². The molecule has 0 aromatic rings. The SMILES string of the molecule is C[P@]1(=S)CC(Br)=C2CCCC[C@@H]21. The van der Waals surface area contributed by atoms with E-state index >= 15 is 0 Å². The lowest BCUT2D eigenvalue weighted by molar-refractivity contribution is 0.608. The number of halogens is 1. The van der Waals surface area contributed by atoms with Gasteiger partial charge in [0.25, 0.3) is 0 Å². The monoisotopic (exact) mass is 264 g/mol. The zero-order valence-electron chi connectivity index (χ0n) is 7.35. The zero-order valence-corrected chi connectivity index (χ0v) is 10.6. The fourth-order valence-electron chi connectivity index (χ4n) is 2.40. The van der Waals surface area contributed by atoms with E-state index in [1.165, 1.54) is 36.3 Å². The molecule has 1 heterocycles. The molecule has 0 spiro atoms. The number of rotatable bonds is 0. The van der Waals surface area contributed by atoms with E-state index in [-0.39, 0.29) is 0 Å². The van der Waals surface area contributed by atoms with Crippen LogP contribution in [0.1, 0.15) is 25.7 Å². The van der Waals surface area contributed by atoms with E-state index < -0.39 is 6.04 Å². The summed E-state index contributed by atoms with van der Waals surface area (Å²) in [7, 11) is 0. The Kier molecular flexibility index (Phi) is 2.53. The maximum atomic E-state index is 5.72. The molecular formula is C9H14BrPS. The first kappa shape index (κ1) is 9.43. The normalized spacial score (nSPS) is 41.7. The van der Waals surface area contributed by atoms with Crippen molar-refractivity contribution in [3.63, 3.8) is 0 Å². The third kappa shape index (κ3) is 1.47. The van der Waals surface area contributed by atoms with Crippen LogP contribution in [0.15, 0.2) is 10.1 Å². The minimum Gasteiger partial charge on any atom is -0.0968 e. The highest BCUT2D eigenvalue weighted by Gasteiger charge is 2.36. The van der Waals surface area contributed by atoms with Gasteiger partial charge in [-0.05, 0) is 36.4 Å². The minimum atomic E-state index is -1.02. The van der Waals surface area contributed by atoms with Crippen molar-refractivity contribution in [1.82, 2.24) is 0 Å². The largest absolute Gasteiger partial charge is 0.0968 e. The molecule has 1 fully saturated rings. The second-order valence-corrected chi connectivity index (χ2v) is 10.8. The van der Waals surface area contributed by atoms with Crippen LogP contribution < -0.4 is 0 Å². The Labute approximate surface area is 87.9 Å². The quantitative estimate of drug-likeness (QED) is 0.602. The van der Waals surface area contributed by atoms with Gasteiger partial charge in [-0.1, -0.05) is 39.7 Å². The van der Waals surface area contributed by atoms with Gasteiger partial charge in [-0.15, -0.1) is 0 Å². The van der Waals surface area contributed by atoms with Crippen LogP contribution in [0.4, 0.5) is 0 Å². The van der Waals surface area contributed by atoms with Crippen molar-refractivity contribution in [2.45, 2.75) is 31.3 Å². The fourth-order valence-corrected chi connectivity index (χ4v) is 8.85. The number of hydrogen-bond donors (Lipinski definition) is 0. The van der Waals surface area contributed by atoms with Crippen LogP contribution in [0.2, 0.25) is 0 Å². The first-order chi connectivity index (χ1) is 5.61. The molecule has 2 rings (SSSR count). The molecule has 12 heavy (non-hydrogen) atoms. The summed E-state index contributed by atoms with van der Waals surface area (Å²) in [5.74, 6) is 0. The molecule has 2 atom stereocenters. The van der Waals surface area contributed by atoms with Crippen molar-refractivity contribution in [3.8, 4) is 0 Å². The minimum absolute atomic E-state index is 0.815. The molecule has 0 radical (unpaired) electrons. The first-order valence-corrected chi connectivity index (χ1v) is 8.84. The topological polar surface area (TPSA) is 0 Å². The van der Waals surface area contributed by atoms with Gasteiger partial charge < -0.3 is 0 Å². The van der Waals surface area contributed by atoms with Gasteiger partial charge in [-0.3, -0.25) is 0 Å². The van der Waals surface area contributed by atoms with Crippen LogP contribution in [-0.4, -0.2) is 18.5 Å². The molecule has 1 saturated carbocycles. The van der Waals surface area contributed by atoms with Gasteiger partial charge in [0.05, 0.1) is 0 Å². The van der Waals surface area contributed by atoms with Gasteiger partial charge in [0.15, 0.2) is 0 Å². The summed E-state index contributed by atoms with van der Waals surface area (Å²) < 4.78 is 1.47. The second kappa shape index (κ2) is 3.22. The van der Waals surface area contributed by atoms with Crippen molar-refractivity contribution in [2.75, 3.05) is 12.8 Å². The van der Waals surface area contributed by atoms with Crippen LogP contribution in [0.25, 0.3) is 0 Å². The predicted molar refractivity (Wildman–Crippen MR) is 63.3 cm³/mol. The average Bonchev–Trinajstić information content (AvgIpc) is 2.25. The smallest absolute Gasteiger partial charge is 0.0103 e. The Morgan fingerprint density at radius 3 is 2.92 bits per heavy atom. The van der Waals surface area contributed by atoms with Crippen LogP contribution >= 0.6 is 22.0 Å². The van der Waals surface area contributed by atoms with Crippen molar-refractivity contribution < 1.29 is 0 Å². The second-order valence-electron chi connectivity index (χ2n) is 4.02. The van der Waals surface area contributed by atoms with Gasteiger partial charge in [0.2, 0.25) is 0 Å². The number of fused-ring (bicyclic) bond motifs is 1. The number of allylic oxidation sites excluding steroid dienone is 2. The summed E-state index contributed by atoms with van der Waals surface area (Å²) in [5, 5.41) is 0. The summed E-state index contributed by atoms with van der Waals surface area (Å²) in [6, 6.07) is -1.02. The molecule has 0 amide bonds. The standard InChI is InChI=1S/C9H14BrPS/c1-11(12)6-8(10)7-4-2-3-5-9(7)11/h9H,2-6H2,1H3/t9-,11-/m0/s1. The molecular weight excluding hydrogens is 251 g/mol. The van der Waals surface area contributed by atoms with Crippen LogP contribution in [-0.2, 0) is 11.8 Å². The maximum Gasteiger partial charge on any atom is 0.0103 e. The third-order valence-corrected chi connectivity index (χ3v) is 8.24. The number of hydrogen-bond acceptors (Lipinski definition) is 1. The van der Waals surface area contributed by atoms with Gasteiger partial charge in [-0.2, -0.15) is 0 Å². The molecule has 0 bridgehead atoms. The highest BCUT2D eigenvalue weighted by atomic mass is 79.9. The summed E-state index contributed by atoms with van der Waals surface area (Å²) in [6.07, 6.45) is 6.68. The summed E-state index contributed by atoms with van der Waals surface area (Å²) in [4.78, 5) is 0. The van der Waals surface area contributed by atoms with E-state index in [4.69, 9.17) is 11.8 Å². The lowest BCUT2D eigenvalue weighted by atomic mass is 9.94. The van der Waals surface area contributed by atoms with Crippen LogP contribution in [0.3, 0.4) is 0 Å². The molecule has 0 unspecified atom stereocenters. The molecule has 1 aliphatic heterocycles. The van der Waals surface area contributed by atoms with E-state index in [0.29, 0.717) is 0 Å². The molecule has 2 aliphatic rings. The molecule has 1 aliphatic carbocycles. The molecule has 3 heteroatoms. The lowest BCUT2D eigenvalue weighted by Crippen LogP contribution is -2.12. The van der Waals surface area contributed by atoms with Gasteiger partial charge >= 0.3 is 0 Å². The van der Waals surface area contributed by atoms with E-state index in [1.54, 1.807) is 5.57 Å². The van der Waals surface area contributed by atoms with Crippen molar-refractivity contribution in [1.29, 1.82) is 0 Å². The average molecular weight is 265 g/mol. The Morgan fingerprint density at radius 2 is 2.25 bits per heavy atom. The van der Waals surface area contributed by atoms with Crippen molar-refractivity contribution in [3.05, 3.63) is 10.1 Å². The molecule has 68 valence electrons. The Balaban J connectivity index is 2.34. The molecule has 0 aromatic carbocycles.